The second kappa shape index (κ2) is 7.97. The van der Waals surface area contributed by atoms with E-state index < -0.39 is 5.97 Å². The summed E-state index contributed by atoms with van der Waals surface area (Å²) < 4.78 is 9.93. The van der Waals surface area contributed by atoms with Crippen molar-refractivity contribution >= 4 is 17.6 Å². The molecule has 6 nitrogen and oxygen atoms in total. The van der Waals surface area contributed by atoms with Gasteiger partial charge in [-0.1, -0.05) is 19.1 Å². The van der Waals surface area contributed by atoms with Crippen LogP contribution in [0.1, 0.15) is 13.3 Å². The molecule has 0 fully saturated rings. The van der Waals surface area contributed by atoms with Crippen molar-refractivity contribution in [3.63, 3.8) is 0 Å². The lowest BCUT2D eigenvalue weighted by atomic mass is 10.3. The number of rotatable bonds is 7. The van der Waals surface area contributed by atoms with Gasteiger partial charge < -0.3 is 20.5 Å². The highest BCUT2D eigenvalue weighted by Gasteiger charge is 2.08. The molecule has 0 radical (unpaired) electrons. The van der Waals surface area contributed by atoms with Crippen LogP contribution in [0.2, 0.25) is 0 Å². The second-order valence-electron chi connectivity index (χ2n) is 3.84. The summed E-state index contributed by atoms with van der Waals surface area (Å²) in [6.07, 6.45) is 0.829. The van der Waals surface area contributed by atoms with E-state index in [4.69, 9.17) is 15.2 Å². The van der Waals surface area contributed by atoms with E-state index >= 15 is 0 Å². The minimum absolute atomic E-state index is 0.282. The highest BCUT2D eigenvalue weighted by molar-refractivity contribution is 5.80. The molecule has 3 N–H and O–H groups in total. The van der Waals surface area contributed by atoms with E-state index in [1.165, 1.54) is 0 Å². The summed E-state index contributed by atoms with van der Waals surface area (Å²) in [4.78, 5) is 22.5. The summed E-state index contributed by atoms with van der Waals surface area (Å²) in [5.41, 5.74) is 6.08. The molecular formula is C13H18N2O4. The van der Waals surface area contributed by atoms with E-state index in [-0.39, 0.29) is 19.1 Å². The fourth-order valence-corrected chi connectivity index (χ4v) is 1.25. The van der Waals surface area contributed by atoms with Gasteiger partial charge in [-0.3, -0.25) is 4.79 Å². The monoisotopic (exact) mass is 266 g/mol. The zero-order valence-corrected chi connectivity index (χ0v) is 10.8. The number of esters is 1. The van der Waals surface area contributed by atoms with Gasteiger partial charge in [-0.25, -0.2) is 4.79 Å². The number of ether oxygens (including phenoxy) is 2. The van der Waals surface area contributed by atoms with Crippen molar-refractivity contribution in [1.82, 2.24) is 5.32 Å². The van der Waals surface area contributed by atoms with Crippen LogP contribution in [0.25, 0.3) is 0 Å². The minimum atomic E-state index is -0.616. The molecule has 0 heterocycles. The fourth-order valence-electron chi connectivity index (χ4n) is 1.25. The Hall–Kier alpha value is -2.24. The van der Waals surface area contributed by atoms with Crippen LogP contribution in [0.4, 0.5) is 5.69 Å². The third-order valence-corrected chi connectivity index (χ3v) is 2.20. The van der Waals surface area contributed by atoms with Crippen LogP contribution in [0.15, 0.2) is 24.3 Å². The number of anilines is 1. The van der Waals surface area contributed by atoms with Crippen molar-refractivity contribution in [2.45, 2.75) is 13.3 Å². The number of carbonyl (C=O) groups excluding carboxylic acids is 2. The Kier molecular flexibility index (Phi) is 6.21. The van der Waals surface area contributed by atoms with Gasteiger partial charge in [0.15, 0.2) is 13.2 Å². The lowest BCUT2D eigenvalue weighted by Crippen LogP contribution is -2.30. The van der Waals surface area contributed by atoms with Crippen LogP contribution < -0.4 is 15.8 Å². The van der Waals surface area contributed by atoms with Crippen molar-refractivity contribution in [2.75, 3.05) is 25.5 Å². The van der Waals surface area contributed by atoms with Crippen LogP contribution in [0.5, 0.6) is 5.75 Å². The Morgan fingerprint density at radius 2 is 2.00 bits per heavy atom. The second-order valence-corrected chi connectivity index (χ2v) is 3.84. The van der Waals surface area contributed by atoms with Crippen molar-refractivity contribution in [2.24, 2.45) is 0 Å². The Balaban J connectivity index is 2.25. The summed E-state index contributed by atoms with van der Waals surface area (Å²) >= 11 is 0. The molecule has 1 rings (SSSR count). The molecule has 0 aliphatic carbocycles. The van der Waals surface area contributed by atoms with E-state index in [1.54, 1.807) is 24.3 Å². The maximum Gasteiger partial charge on any atom is 0.344 e. The molecule has 1 amide bonds. The summed E-state index contributed by atoms with van der Waals surface area (Å²) in [5, 5.41) is 2.59. The van der Waals surface area contributed by atoms with Crippen molar-refractivity contribution in [3.8, 4) is 5.75 Å². The van der Waals surface area contributed by atoms with Gasteiger partial charge >= 0.3 is 5.97 Å². The standard InChI is InChI=1S/C13H18N2O4/c1-2-7-15-12(16)8-19-13(17)9-18-11-6-4-3-5-10(11)14/h3-6H,2,7-9,14H2,1H3,(H,15,16). The first-order valence-corrected chi connectivity index (χ1v) is 6.03. The minimum Gasteiger partial charge on any atom is -0.480 e. The number of nitrogens with two attached hydrogens (primary N) is 1. The van der Waals surface area contributed by atoms with Crippen LogP contribution >= 0.6 is 0 Å². The third kappa shape index (κ3) is 5.76. The number of hydrogen-bond donors (Lipinski definition) is 2. The maximum atomic E-state index is 11.3. The Bertz CT molecular complexity index is 434. The number of benzene rings is 1. The highest BCUT2D eigenvalue weighted by Crippen LogP contribution is 2.19. The average Bonchev–Trinajstić information content (AvgIpc) is 2.42. The van der Waals surface area contributed by atoms with E-state index in [0.717, 1.165) is 6.42 Å². The Morgan fingerprint density at radius 3 is 2.68 bits per heavy atom. The third-order valence-electron chi connectivity index (χ3n) is 2.20. The molecular weight excluding hydrogens is 248 g/mol. The smallest absolute Gasteiger partial charge is 0.344 e. The van der Waals surface area contributed by atoms with Gasteiger partial charge in [0.2, 0.25) is 0 Å². The van der Waals surface area contributed by atoms with Gasteiger partial charge in [0.25, 0.3) is 5.91 Å². The zero-order chi connectivity index (χ0) is 14.1. The van der Waals surface area contributed by atoms with Gasteiger partial charge in [0.1, 0.15) is 5.75 Å². The number of hydrogen-bond acceptors (Lipinski definition) is 5. The van der Waals surface area contributed by atoms with Crippen LogP contribution in [-0.4, -0.2) is 31.6 Å². The topological polar surface area (TPSA) is 90.6 Å². The predicted molar refractivity (Wildman–Crippen MR) is 70.6 cm³/mol. The largest absolute Gasteiger partial charge is 0.480 e. The van der Waals surface area contributed by atoms with Gasteiger partial charge in [-0.05, 0) is 18.6 Å². The van der Waals surface area contributed by atoms with E-state index in [0.29, 0.717) is 18.0 Å². The number of amides is 1. The first kappa shape index (κ1) is 14.8. The lowest BCUT2D eigenvalue weighted by Gasteiger charge is -2.08. The first-order chi connectivity index (χ1) is 9.13. The molecule has 0 aliphatic heterocycles. The van der Waals surface area contributed by atoms with Gasteiger partial charge in [-0.2, -0.15) is 0 Å². The molecule has 0 aliphatic rings. The lowest BCUT2D eigenvalue weighted by molar-refractivity contribution is -0.150. The Morgan fingerprint density at radius 1 is 1.26 bits per heavy atom. The molecule has 0 aromatic heterocycles. The van der Waals surface area contributed by atoms with E-state index in [2.05, 4.69) is 5.32 Å². The molecule has 0 atom stereocenters. The summed E-state index contributed by atoms with van der Waals surface area (Å²) in [6.45, 7) is 1.92. The van der Waals surface area contributed by atoms with Gasteiger partial charge in [-0.15, -0.1) is 0 Å². The molecule has 0 unspecified atom stereocenters. The molecule has 19 heavy (non-hydrogen) atoms. The normalized spacial score (nSPS) is 9.74. The molecule has 0 bridgehead atoms. The molecule has 104 valence electrons. The van der Waals surface area contributed by atoms with Crippen molar-refractivity contribution in [1.29, 1.82) is 0 Å². The number of carbonyl (C=O) groups is 2. The van der Waals surface area contributed by atoms with Crippen molar-refractivity contribution in [3.05, 3.63) is 24.3 Å². The Labute approximate surface area is 111 Å². The SMILES string of the molecule is CCCNC(=O)COC(=O)COc1ccccc1N. The molecule has 0 saturated carbocycles. The molecule has 6 heteroatoms. The van der Waals surface area contributed by atoms with E-state index in [1.807, 2.05) is 6.92 Å². The maximum absolute atomic E-state index is 11.3. The number of nitrogen functional groups attached to an aromatic ring is 1. The fraction of sp³-hybridized carbons (Fsp3) is 0.385. The van der Waals surface area contributed by atoms with Gasteiger partial charge in [0, 0.05) is 6.54 Å². The average molecular weight is 266 g/mol. The zero-order valence-electron chi connectivity index (χ0n) is 10.8. The van der Waals surface area contributed by atoms with Crippen LogP contribution in [0.3, 0.4) is 0 Å². The summed E-state index contributed by atoms with van der Waals surface area (Å²) in [5.74, 6) is -0.529. The molecule has 1 aromatic carbocycles. The molecule has 1 aromatic rings. The highest BCUT2D eigenvalue weighted by atomic mass is 16.6. The molecule has 0 saturated heterocycles. The predicted octanol–water partition coefficient (Wildman–Crippen LogP) is 0.717. The summed E-state index contributed by atoms with van der Waals surface area (Å²) in [7, 11) is 0. The van der Waals surface area contributed by atoms with E-state index in [9.17, 15) is 9.59 Å². The van der Waals surface area contributed by atoms with Gasteiger partial charge in [0.05, 0.1) is 5.69 Å². The number of para-hydroxylation sites is 2. The summed E-state index contributed by atoms with van der Waals surface area (Å²) in [6, 6.07) is 6.82. The van der Waals surface area contributed by atoms with Crippen molar-refractivity contribution < 1.29 is 19.1 Å². The molecule has 0 spiro atoms. The van der Waals surface area contributed by atoms with Crippen LogP contribution in [-0.2, 0) is 14.3 Å². The quantitative estimate of drug-likeness (QED) is 0.560. The first-order valence-electron chi connectivity index (χ1n) is 6.03. The number of nitrogens with one attached hydrogen (secondary N) is 1. The van der Waals surface area contributed by atoms with Crippen LogP contribution in [0, 0.1) is 0 Å².